The number of hydrogen-bond acceptors (Lipinski definition) is 1. The molecule has 2 aromatic rings. The Balaban J connectivity index is 2.88. The molecular formula is C18H17BF5N. The molecule has 0 aliphatic heterocycles. The maximum absolute atomic E-state index is 14.4. The smallest absolute Gasteiger partial charge is 0.247 e. The number of para-hydroxylation sites is 1. The molecular weight excluding hydrogens is 336 g/mol. The zero-order chi connectivity index (χ0) is 18.9. The predicted molar refractivity (Wildman–Crippen MR) is 91.5 cm³/mol. The summed E-state index contributed by atoms with van der Waals surface area (Å²) < 4.78 is 69.6. The lowest BCUT2D eigenvalue weighted by atomic mass is 9.36. The van der Waals surface area contributed by atoms with Gasteiger partial charge in [-0.3, -0.25) is 0 Å². The maximum atomic E-state index is 14.4. The summed E-state index contributed by atoms with van der Waals surface area (Å²) in [7, 11) is 3.47. The minimum absolute atomic E-state index is 0.450. The van der Waals surface area contributed by atoms with E-state index in [0.29, 0.717) is 16.6 Å². The molecule has 0 aliphatic carbocycles. The first-order valence-electron chi connectivity index (χ1n) is 7.62. The van der Waals surface area contributed by atoms with Crippen LogP contribution in [-0.4, -0.2) is 20.8 Å². The summed E-state index contributed by atoms with van der Waals surface area (Å²) in [5.74, 6) is -9.65. The molecule has 0 atom stereocenters. The fourth-order valence-electron chi connectivity index (χ4n) is 2.81. The van der Waals surface area contributed by atoms with Crippen LogP contribution >= 0.6 is 0 Å². The first-order chi connectivity index (χ1) is 11.7. The second-order valence-electron chi connectivity index (χ2n) is 5.90. The molecule has 0 radical (unpaired) electrons. The molecule has 0 amide bonds. The molecule has 1 nitrogen and oxygen atoms in total. The van der Waals surface area contributed by atoms with Crippen molar-refractivity contribution in [3.8, 4) is 0 Å². The van der Waals surface area contributed by atoms with Crippen molar-refractivity contribution in [1.29, 1.82) is 0 Å². The molecule has 0 bridgehead atoms. The minimum atomic E-state index is -2.16. The molecule has 0 saturated heterocycles. The summed E-state index contributed by atoms with van der Waals surface area (Å²) in [4.78, 5) is 1.72. The Labute approximate surface area is 143 Å². The van der Waals surface area contributed by atoms with E-state index < -0.39 is 41.3 Å². The highest BCUT2D eigenvalue weighted by atomic mass is 19.2. The van der Waals surface area contributed by atoms with Crippen molar-refractivity contribution >= 4 is 23.3 Å². The Morgan fingerprint density at radius 1 is 0.880 bits per heavy atom. The Morgan fingerprint density at radius 2 is 1.36 bits per heavy atom. The topological polar surface area (TPSA) is 3.24 Å². The van der Waals surface area contributed by atoms with Crippen molar-refractivity contribution < 1.29 is 22.0 Å². The van der Waals surface area contributed by atoms with Gasteiger partial charge in [0.1, 0.15) is 0 Å². The Bertz CT molecular complexity index is 803. The van der Waals surface area contributed by atoms with Gasteiger partial charge in [-0.25, -0.2) is 22.0 Å². The van der Waals surface area contributed by atoms with Crippen LogP contribution in [0.15, 0.2) is 35.8 Å². The van der Waals surface area contributed by atoms with E-state index >= 15 is 0 Å². The van der Waals surface area contributed by atoms with Crippen LogP contribution < -0.4 is 15.8 Å². The number of anilines is 1. The standard InChI is InChI=1S/C18H17BF5N/c1-5-10(2)19(11-8-6-7-9-12(11)25(3)4)13-14(20)16(22)18(24)17(23)15(13)21/h5-9H,1-4H3/b10-5+. The lowest BCUT2D eigenvalue weighted by Crippen LogP contribution is -2.49. The molecule has 132 valence electrons. The molecule has 0 aromatic heterocycles. The van der Waals surface area contributed by atoms with Crippen LogP contribution in [0.1, 0.15) is 13.8 Å². The second kappa shape index (κ2) is 7.29. The molecule has 0 fully saturated rings. The summed E-state index contributed by atoms with van der Waals surface area (Å²) in [6.45, 7) is 2.13. The first kappa shape index (κ1) is 19.0. The third kappa shape index (κ3) is 3.27. The van der Waals surface area contributed by atoms with Gasteiger partial charge in [0.05, 0.1) is 0 Å². The monoisotopic (exact) mass is 353 g/mol. The zero-order valence-corrected chi connectivity index (χ0v) is 14.3. The normalized spacial score (nSPS) is 11.6. The molecule has 0 N–H and O–H groups in total. The van der Waals surface area contributed by atoms with Gasteiger partial charge < -0.3 is 4.90 Å². The van der Waals surface area contributed by atoms with Crippen LogP contribution in [0.4, 0.5) is 27.6 Å². The van der Waals surface area contributed by atoms with Gasteiger partial charge in [0.15, 0.2) is 29.1 Å². The number of rotatable bonds is 4. The van der Waals surface area contributed by atoms with Crippen molar-refractivity contribution in [2.45, 2.75) is 13.8 Å². The summed E-state index contributed by atoms with van der Waals surface area (Å²) in [6, 6.07) is 6.73. The van der Waals surface area contributed by atoms with Crippen LogP contribution in [0.3, 0.4) is 0 Å². The molecule has 2 aromatic carbocycles. The number of benzene rings is 2. The van der Waals surface area contributed by atoms with Gasteiger partial charge in [-0.05, 0) is 18.5 Å². The molecule has 0 aliphatic rings. The van der Waals surface area contributed by atoms with Crippen molar-refractivity contribution in [3.05, 3.63) is 64.9 Å². The van der Waals surface area contributed by atoms with Crippen LogP contribution in [-0.2, 0) is 0 Å². The Hall–Kier alpha value is -2.31. The number of nitrogens with zero attached hydrogens (tertiary/aromatic N) is 1. The van der Waals surface area contributed by atoms with Gasteiger partial charge in [-0.2, -0.15) is 0 Å². The molecule has 0 heterocycles. The second-order valence-corrected chi connectivity index (χ2v) is 5.90. The first-order valence-corrected chi connectivity index (χ1v) is 7.62. The summed E-state index contributed by atoms with van der Waals surface area (Å²) in [6.07, 6.45) is 1.59. The summed E-state index contributed by atoms with van der Waals surface area (Å²) in [5, 5.41) is 0. The quantitative estimate of drug-likeness (QED) is 0.352. The lowest BCUT2D eigenvalue weighted by molar-refractivity contribution is 0.384. The van der Waals surface area contributed by atoms with E-state index in [9.17, 15) is 22.0 Å². The Morgan fingerprint density at radius 3 is 1.84 bits per heavy atom. The SMILES string of the molecule is C/C=C(\C)B(c1ccccc1N(C)C)c1c(F)c(F)c(F)c(F)c1F. The minimum Gasteiger partial charge on any atom is -0.378 e. The van der Waals surface area contributed by atoms with Gasteiger partial charge in [0, 0.05) is 25.2 Å². The molecule has 0 saturated carbocycles. The van der Waals surface area contributed by atoms with Gasteiger partial charge in [0.2, 0.25) is 6.71 Å². The highest BCUT2D eigenvalue weighted by Crippen LogP contribution is 2.20. The van der Waals surface area contributed by atoms with Gasteiger partial charge in [-0.15, -0.1) is 0 Å². The van der Waals surface area contributed by atoms with Gasteiger partial charge >= 0.3 is 0 Å². The van der Waals surface area contributed by atoms with E-state index in [1.165, 1.54) is 0 Å². The maximum Gasteiger partial charge on any atom is 0.247 e. The van der Waals surface area contributed by atoms with E-state index in [2.05, 4.69) is 0 Å². The Kier molecular flexibility index (Phi) is 5.55. The molecule has 0 spiro atoms. The average Bonchev–Trinajstić information content (AvgIpc) is 2.61. The molecule has 0 unspecified atom stereocenters. The van der Waals surface area contributed by atoms with Crippen molar-refractivity contribution in [1.82, 2.24) is 0 Å². The molecule has 7 heteroatoms. The molecule has 25 heavy (non-hydrogen) atoms. The van der Waals surface area contributed by atoms with Crippen LogP contribution in [0, 0.1) is 29.1 Å². The van der Waals surface area contributed by atoms with E-state index in [1.807, 2.05) is 0 Å². The van der Waals surface area contributed by atoms with Crippen LogP contribution in [0.2, 0.25) is 0 Å². The number of hydrogen-bond donors (Lipinski definition) is 0. The highest BCUT2D eigenvalue weighted by Gasteiger charge is 2.35. The number of allylic oxidation sites excluding steroid dienone is 2. The van der Waals surface area contributed by atoms with Crippen molar-refractivity contribution in [2.24, 2.45) is 0 Å². The van der Waals surface area contributed by atoms with E-state index in [0.717, 1.165) is 0 Å². The van der Waals surface area contributed by atoms with Crippen molar-refractivity contribution in [3.63, 3.8) is 0 Å². The predicted octanol–water partition coefficient (Wildman–Crippen LogP) is 3.56. The van der Waals surface area contributed by atoms with Gasteiger partial charge in [-0.1, -0.05) is 36.7 Å². The zero-order valence-electron chi connectivity index (χ0n) is 14.3. The lowest BCUT2D eigenvalue weighted by Gasteiger charge is -2.24. The fourth-order valence-corrected chi connectivity index (χ4v) is 2.81. The third-order valence-electron chi connectivity index (χ3n) is 4.17. The fraction of sp³-hybridized carbons (Fsp3) is 0.222. The number of halogens is 5. The van der Waals surface area contributed by atoms with Crippen molar-refractivity contribution in [2.75, 3.05) is 19.0 Å². The van der Waals surface area contributed by atoms with Crippen LogP contribution in [0.25, 0.3) is 0 Å². The van der Waals surface area contributed by atoms with E-state index in [-0.39, 0.29) is 0 Å². The molecule has 2 rings (SSSR count). The van der Waals surface area contributed by atoms with Crippen LogP contribution in [0.5, 0.6) is 0 Å². The van der Waals surface area contributed by atoms with E-state index in [1.54, 1.807) is 63.2 Å². The largest absolute Gasteiger partial charge is 0.378 e. The van der Waals surface area contributed by atoms with Gasteiger partial charge in [0.25, 0.3) is 0 Å². The average molecular weight is 353 g/mol. The summed E-state index contributed by atoms with van der Waals surface area (Å²) >= 11 is 0. The third-order valence-corrected chi connectivity index (χ3v) is 4.17. The summed E-state index contributed by atoms with van der Waals surface area (Å²) in [5.41, 5.74) is 0.697. The van der Waals surface area contributed by atoms with E-state index in [4.69, 9.17) is 0 Å². The highest BCUT2D eigenvalue weighted by molar-refractivity contribution is 6.91.